The number of morpholine rings is 1. The van der Waals surface area contributed by atoms with E-state index in [0.717, 1.165) is 0 Å². The second-order valence-electron chi connectivity index (χ2n) is 3.66. The molecule has 1 heterocycles. The zero-order valence-corrected chi connectivity index (χ0v) is 10.2. The van der Waals surface area contributed by atoms with E-state index in [9.17, 15) is 8.42 Å². The number of sulfonamides is 1. The zero-order chi connectivity index (χ0) is 10.1. The van der Waals surface area contributed by atoms with Crippen LogP contribution in [0.4, 0.5) is 0 Å². The minimum Gasteiger partial charge on any atom is -0.378 e. The summed E-state index contributed by atoms with van der Waals surface area (Å²) in [5.74, 6) is 0. The summed E-state index contributed by atoms with van der Waals surface area (Å²) in [5.41, 5.74) is -0.426. The summed E-state index contributed by atoms with van der Waals surface area (Å²) in [6.07, 6.45) is 0. The Morgan fingerprint density at radius 3 is 2.62 bits per heavy atom. The van der Waals surface area contributed by atoms with Crippen LogP contribution in [0.15, 0.2) is 0 Å². The first kappa shape index (κ1) is 11.4. The molecule has 0 N–H and O–H groups in total. The van der Waals surface area contributed by atoms with Crippen molar-refractivity contribution in [2.24, 2.45) is 0 Å². The van der Waals surface area contributed by atoms with Crippen LogP contribution < -0.4 is 0 Å². The highest BCUT2D eigenvalue weighted by molar-refractivity contribution is 9.10. The Morgan fingerprint density at radius 1 is 1.54 bits per heavy atom. The van der Waals surface area contributed by atoms with Crippen LogP contribution in [-0.2, 0) is 14.8 Å². The van der Waals surface area contributed by atoms with Crippen molar-refractivity contribution in [3.05, 3.63) is 0 Å². The summed E-state index contributed by atoms with van der Waals surface area (Å²) in [6, 6.07) is 0. The van der Waals surface area contributed by atoms with Gasteiger partial charge in [-0.1, -0.05) is 15.9 Å². The molecule has 13 heavy (non-hydrogen) atoms. The third kappa shape index (κ3) is 2.43. The normalized spacial score (nSPS) is 24.5. The van der Waals surface area contributed by atoms with E-state index >= 15 is 0 Å². The molecule has 0 aromatic carbocycles. The lowest BCUT2D eigenvalue weighted by molar-refractivity contribution is -0.00742. The molecule has 1 rings (SSSR count). The molecule has 78 valence electrons. The minimum absolute atomic E-state index is 0.0244. The first-order valence-electron chi connectivity index (χ1n) is 4.04. The molecule has 6 heteroatoms. The molecule has 0 unspecified atom stereocenters. The molecule has 0 aliphatic carbocycles. The number of hydrogen-bond donors (Lipinski definition) is 0. The topological polar surface area (TPSA) is 46.6 Å². The molecule has 0 spiro atoms. The predicted molar refractivity (Wildman–Crippen MR) is 54.3 cm³/mol. The van der Waals surface area contributed by atoms with Crippen LogP contribution in [0, 0.1) is 0 Å². The Morgan fingerprint density at radius 2 is 2.15 bits per heavy atom. The zero-order valence-electron chi connectivity index (χ0n) is 7.79. The van der Waals surface area contributed by atoms with Crippen molar-refractivity contribution in [3.63, 3.8) is 0 Å². The molecule has 0 saturated carbocycles. The van der Waals surface area contributed by atoms with Gasteiger partial charge < -0.3 is 4.74 Å². The fraction of sp³-hybridized carbons (Fsp3) is 1.00. The minimum atomic E-state index is -3.16. The van der Waals surface area contributed by atoms with Gasteiger partial charge in [0.25, 0.3) is 0 Å². The van der Waals surface area contributed by atoms with E-state index in [1.807, 2.05) is 13.8 Å². The summed E-state index contributed by atoms with van der Waals surface area (Å²) in [4.78, 5) is 0. The third-order valence-electron chi connectivity index (χ3n) is 2.04. The maximum Gasteiger partial charge on any atom is 0.224 e. The lowest BCUT2D eigenvalue weighted by atomic mass is 10.1. The van der Waals surface area contributed by atoms with E-state index in [2.05, 4.69) is 15.9 Å². The Hall–Kier alpha value is 0.350. The molecule has 0 atom stereocenters. The summed E-state index contributed by atoms with van der Waals surface area (Å²) in [7, 11) is -3.16. The van der Waals surface area contributed by atoms with Crippen LogP contribution in [0.5, 0.6) is 0 Å². The van der Waals surface area contributed by atoms with Gasteiger partial charge in [0.2, 0.25) is 10.0 Å². The molecule has 1 aliphatic heterocycles. The second-order valence-corrected chi connectivity index (χ2v) is 6.85. The van der Waals surface area contributed by atoms with Crippen molar-refractivity contribution in [1.29, 1.82) is 0 Å². The molecular formula is C7H14BrNO3S. The molecule has 1 fully saturated rings. The highest BCUT2D eigenvalue weighted by Crippen LogP contribution is 2.23. The largest absolute Gasteiger partial charge is 0.378 e. The van der Waals surface area contributed by atoms with Crippen LogP contribution in [0.1, 0.15) is 13.8 Å². The smallest absolute Gasteiger partial charge is 0.224 e. The van der Waals surface area contributed by atoms with Gasteiger partial charge in [0.1, 0.15) is 4.66 Å². The monoisotopic (exact) mass is 271 g/mol. The van der Waals surface area contributed by atoms with E-state index in [1.54, 1.807) is 0 Å². The number of halogens is 1. The van der Waals surface area contributed by atoms with Crippen LogP contribution in [0.2, 0.25) is 0 Å². The van der Waals surface area contributed by atoms with E-state index in [4.69, 9.17) is 4.74 Å². The number of ether oxygens (including phenoxy) is 1. The van der Waals surface area contributed by atoms with Gasteiger partial charge in [-0.3, -0.25) is 0 Å². The fourth-order valence-corrected chi connectivity index (χ4v) is 3.44. The van der Waals surface area contributed by atoms with E-state index < -0.39 is 15.6 Å². The maximum absolute atomic E-state index is 11.6. The Labute approximate surface area is 87.4 Å². The molecule has 1 saturated heterocycles. The fourth-order valence-electron chi connectivity index (χ4n) is 1.42. The van der Waals surface area contributed by atoms with Gasteiger partial charge in [0.15, 0.2) is 0 Å². The molecule has 0 aromatic heterocycles. The van der Waals surface area contributed by atoms with Crippen LogP contribution >= 0.6 is 15.9 Å². The van der Waals surface area contributed by atoms with Crippen LogP contribution in [0.3, 0.4) is 0 Å². The van der Waals surface area contributed by atoms with Crippen molar-refractivity contribution in [2.45, 2.75) is 19.4 Å². The molecule has 1 aliphatic rings. The Kier molecular flexibility index (Phi) is 3.38. The first-order chi connectivity index (χ1) is 5.90. The van der Waals surface area contributed by atoms with Gasteiger partial charge in [-0.25, -0.2) is 8.42 Å². The first-order valence-corrected chi connectivity index (χ1v) is 6.77. The summed E-state index contributed by atoms with van der Waals surface area (Å²) < 4.78 is 29.9. The molecule has 0 amide bonds. The number of hydrogen-bond acceptors (Lipinski definition) is 3. The highest BCUT2D eigenvalue weighted by atomic mass is 79.9. The van der Waals surface area contributed by atoms with Gasteiger partial charge in [-0.15, -0.1) is 0 Å². The molecular weight excluding hydrogens is 258 g/mol. The van der Waals surface area contributed by atoms with Gasteiger partial charge >= 0.3 is 0 Å². The highest BCUT2D eigenvalue weighted by Gasteiger charge is 2.38. The van der Waals surface area contributed by atoms with Crippen molar-refractivity contribution in [2.75, 3.05) is 24.4 Å². The quantitative estimate of drug-likeness (QED) is 0.698. The van der Waals surface area contributed by atoms with E-state index in [0.29, 0.717) is 19.8 Å². The van der Waals surface area contributed by atoms with Gasteiger partial charge in [0.05, 0.1) is 18.8 Å². The second kappa shape index (κ2) is 3.84. The summed E-state index contributed by atoms with van der Waals surface area (Å²) >= 11 is 2.99. The standard InChI is InChI=1S/C7H14BrNO3S/c1-7(2)5-12-4-3-9(7)13(10,11)6-8/h3-6H2,1-2H3. The third-order valence-corrected chi connectivity index (χ3v) is 5.40. The van der Waals surface area contributed by atoms with Crippen LogP contribution in [0.25, 0.3) is 0 Å². The average molecular weight is 272 g/mol. The predicted octanol–water partition coefficient (Wildman–Crippen LogP) is 0.779. The van der Waals surface area contributed by atoms with E-state index in [-0.39, 0.29) is 4.66 Å². The van der Waals surface area contributed by atoms with Crippen molar-refractivity contribution in [3.8, 4) is 0 Å². The number of alkyl halides is 1. The number of nitrogens with zero attached hydrogens (tertiary/aromatic N) is 1. The summed E-state index contributed by atoms with van der Waals surface area (Å²) in [5, 5.41) is 0. The number of rotatable bonds is 2. The van der Waals surface area contributed by atoms with Crippen molar-refractivity contribution < 1.29 is 13.2 Å². The van der Waals surface area contributed by atoms with Crippen molar-refractivity contribution >= 4 is 26.0 Å². The van der Waals surface area contributed by atoms with Crippen LogP contribution in [-0.4, -0.2) is 42.7 Å². The van der Waals surface area contributed by atoms with E-state index in [1.165, 1.54) is 4.31 Å². The van der Waals surface area contributed by atoms with Gasteiger partial charge in [-0.2, -0.15) is 4.31 Å². The Balaban J connectivity index is 2.89. The SMILES string of the molecule is CC1(C)COCCN1S(=O)(=O)CBr. The maximum atomic E-state index is 11.6. The lowest BCUT2D eigenvalue weighted by Gasteiger charge is -2.40. The molecule has 4 nitrogen and oxygen atoms in total. The average Bonchev–Trinajstić information content (AvgIpc) is 2.03. The lowest BCUT2D eigenvalue weighted by Crippen LogP contribution is -2.55. The van der Waals surface area contributed by atoms with Crippen molar-refractivity contribution in [1.82, 2.24) is 4.31 Å². The summed E-state index contributed by atoms with van der Waals surface area (Å²) in [6.45, 7) is 5.12. The van der Waals surface area contributed by atoms with Gasteiger partial charge in [0, 0.05) is 6.54 Å². The molecule has 0 aromatic rings. The Bertz CT molecular complexity index is 275. The molecule has 0 bridgehead atoms. The molecule has 0 radical (unpaired) electrons. The van der Waals surface area contributed by atoms with Gasteiger partial charge in [-0.05, 0) is 13.8 Å².